The first-order valence-corrected chi connectivity index (χ1v) is 12.3. The van der Waals surface area contributed by atoms with Gasteiger partial charge in [-0.3, -0.25) is 9.69 Å². The maximum atomic E-state index is 14.0. The molecule has 3 aromatic rings. The van der Waals surface area contributed by atoms with Crippen LogP contribution in [0.2, 0.25) is 0 Å². The van der Waals surface area contributed by atoms with Gasteiger partial charge in [-0.2, -0.15) is 0 Å². The molecule has 2 fully saturated rings. The van der Waals surface area contributed by atoms with E-state index in [9.17, 15) is 26.7 Å². The summed E-state index contributed by atoms with van der Waals surface area (Å²) in [7, 11) is 0. The highest BCUT2D eigenvalue weighted by Crippen LogP contribution is 2.52. The average molecular weight is 524 g/mol. The van der Waals surface area contributed by atoms with Gasteiger partial charge in [0.2, 0.25) is 0 Å². The number of alkyl halides is 3. The quantitative estimate of drug-likeness (QED) is 0.374. The molecule has 0 radical (unpaired) electrons. The fourth-order valence-corrected chi connectivity index (χ4v) is 5.58. The number of carbonyl (C=O) groups is 1. The minimum absolute atomic E-state index is 0.111. The molecule has 2 heterocycles. The monoisotopic (exact) mass is 523 g/mol. The van der Waals surface area contributed by atoms with Crippen LogP contribution in [0.15, 0.2) is 53.4 Å². The molecule has 5 rings (SSSR count). The molecule has 2 atom stereocenters. The lowest BCUT2D eigenvalue weighted by atomic mass is 10.1. The van der Waals surface area contributed by atoms with Gasteiger partial charge in [0, 0.05) is 43.7 Å². The van der Waals surface area contributed by atoms with Crippen LogP contribution in [0.4, 0.5) is 22.0 Å². The summed E-state index contributed by atoms with van der Waals surface area (Å²) < 4.78 is 69.4. The summed E-state index contributed by atoms with van der Waals surface area (Å²) in [6.45, 7) is 2.27. The second-order valence-electron chi connectivity index (χ2n) is 9.18. The van der Waals surface area contributed by atoms with Gasteiger partial charge in [-0.1, -0.05) is 12.1 Å². The number of hydrogen-bond donors (Lipinski definition) is 0. The number of likely N-dealkylation sites (tertiary alicyclic amines) is 1. The van der Waals surface area contributed by atoms with E-state index in [-0.39, 0.29) is 29.8 Å². The van der Waals surface area contributed by atoms with Crippen molar-refractivity contribution in [1.29, 1.82) is 0 Å². The van der Waals surface area contributed by atoms with Crippen LogP contribution >= 0.6 is 11.3 Å². The number of hydrogen-bond acceptors (Lipinski definition) is 5. The zero-order valence-corrected chi connectivity index (χ0v) is 19.7. The molecule has 11 heteroatoms. The van der Waals surface area contributed by atoms with E-state index in [0.29, 0.717) is 49.1 Å². The van der Waals surface area contributed by atoms with E-state index < -0.39 is 18.0 Å². The van der Waals surface area contributed by atoms with E-state index in [1.165, 1.54) is 35.6 Å². The number of benzene rings is 2. The van der Waals surface area contributed by atoms with Gasteiger partial charge in [-0.15, -0.1) is 24.5 Å². The zero-order chi connectivity index (χ0) is 25.4. The van der Waals surface area contributed by atoms with Crippen LogP contribution in [0.5, 0.6) is 5.75 Å². The molecule has 1 saturated carbocycles. The van der Waals surface area contributed by atoms with Gasteiger partial charge >= 0.3 is 6.36 Å². The smallest absolute Gasteiger partial charge is 0.406 e. The predicted octanol–water partition coefficient (Wildman–Crippen LogP) is 5.34. The van der Waals surface area contributed by atoms with Crippen LogP contribution in [-0.2, 0) is 13.1 Å². The van der Waals surface area contributed by atoms with Crippen LogP contribution in [0.1, 0.15) is 21.6 Å². The Hall–Kier alpha value is -3.05. The first-order chi connectivity index (χ1) is 17.2. The lowest BCUT2D eigenvalue weighted by Gasteiger charge is -2.25. The summed E-state index contributed by atoms with van der Waals surface area (Å²) >= 11 is 1.29. The van der Waals surface area contributed by atoms with E-state index in [4.69, 9.17) is 0 Å². The van der Waals surface area contributed by atoms with Crippen LogP contribution < -0.4 is 4.74 Å². The minimum Gasteiger partial charge on any atom is -0.406 e. The molecular weight excluding hydrogens is 501 g/mol. The third-order valence-corrected chi connectivity index (χ3v) is 7.31. The largest absolute Gasteiger partial charge is 0.573 e. The highest BCUT2D eigenvalue weighted by atomic mass is 32.1. The van der Waals surface area contributed by atoms with Crippen molar-refractivity contribution in [3.63, 3.8) is 0 Å². The number of halogens is 5. The third-order valence-electron chi connectivity index (χ3n) is 6.72. The average Bonchev–Trinajstić information content (AvgIpc) is 3.20. The highest BCUT2D eigenvalue weighted by molar-refractivity contribution is 7.07. The Morgan fingerprint density at radius 1 is 1.14 bits per heavy atom. The third kappa shape index (κ3) is 5.67. The lowest BCUT2D eigenvalue weighted by Crippen LogP contribution is -2.35. The summed E-state index contributed by atoms with van der Waals surface area (Å²) in [5, 5.41) is 1.64. The summed E-state index contributed by atoms with van der Waals surface area (Å²) in [5.74, 6) is -0.707. The Bertz CT molecular complexity index is 1220. The van der Waals surface area contributed by atoms with Crippen molar-refractivity contribution >= 4 is 17.2 Å². The highest BCUT2D eigenvalue weighted by Gasteiger charge is 2.56. The first-order valence-electron chi connectivity index (χ1n) is 11.3. The molecule has 1 aliphatic carbocycles. The number of fused-ring (bicyclic) bond motifs is 1. The number of piperidine rings is 1. The number of rotatable bonds is 8. The Morgan fingerprint density at radius 3 is 2.61 bits per heavy atom. The Balaban J connectivity index is 1.25. The molecule has 36 heavy (non-hydrogen) atoms. The maximum Gasteiger partial charge on any atom is 0.573 e. The first kappa shape index (κ1) is 24.6. The normalized spacial score (nSPS) is 21.3. The second kappa shape index (κ2) is 9.78. The number of amides is 1. The molecule has 1 saturated heterocycles. The van der Waals surface area contributed by atoms with E-state index >= 15 is 0 Å². The van der Waals surface area contributed by atoms with Crippen molar-refractivity contribution < 1.29 is 31.5 Å². The molecule has 5 nitrogen and oxygen atoms in total. The van der Waals surface area contributed by atoms with Crippen molar-refractivity contribution in [3.8, 4) is 5.75 Å². The number of aromatic nitrogens is 1. The van der Waals surface area contributed by atoms with Gasteiger partial charge in [-0.05, 0) is 53.6 Å². The molecule has 2 aromatic carbocycles. The Labute approximate surface area is 208 Å². The van der Waals surface area contributed by atoms with Crippen molar-refractivity contribution in [2.45, 2.75) is 19.5 Å². The molecule has 190 valence electrons. The molecule has 0 spiro atoms. The molecule has 1 aromatic heterocycles. The fraction of sp³-hybridized carbons (Fsp3) is 0.360. The summed E-state index contributed by atoms with van der Waals surface area (Å²) in [6, 6.07) is 9.02. The lowest BCUT2D eigenvalue weighted by molar-refractivity contribution is -0.274. The molecule has 2 aliphatic rings. The van der Waals surface area contributed by atoms with Crippen LogP contribution in [0.25, 0.3) is 0 Å². The molecule has 1 amide bonds. The number of ether oxygens (including phenoxy) is 1. The predicted molar refractivity (Wildman–Crippen MR) is 122 cm³/mol. The topological polar surface area (TPSA) is 45.7 Å². The van der Waals surface area contributed by atoms with E-state index in [2.05, 4.69) is 14.6 Å². The summed E-state index contributed by atoms with van der Waals surface area (Å²) in [6.07, 6.45) is -4.81. The zero-order valence-electron chi connectivity index (χ0n) is 18.9. The van der Waals surface area contributed by atoms with Gasteiger partial charge in [0.15, 0.2) is 0 Å². The van der Waals surface area contributed by atoms with E-state index in [0.717, 1.165) is 12.1 Å². The van der Waals surface area contributed by atoms with Gasteiger partial charge in [0.05, 0.1) is 5.51 Å². The van der Waals surface area contributed by atoms with Crippen molar-refractivity contribution in [1.82, 2.24) is 14.8 Å². The van der Waals surface area contributed by atoms with Crippen LogP contribution in [0.3, 0.4) is 0 Å². The molecule has 0 N–H and O–H groups in total. The molecular formula is C25H22F5N3O2S. The SMILES string of the molecule is O=C(c1cscn1)N(Cc1cccc(OC(F)(F)F)c1)CC1C2CN(Cc3cc(F)ccc3F)CC21. The standard InChI is InChI=1S/C25H22F5N3O2S/c26-17-4-5-22(27)16(7-17)9-32-10-19-20(11-32)21(19)12-33(24(34)23-13-36-14-31-23)8-15-2-1-3-18(6-15)35-25(28,29)30/h1-7,13-14,19-21H,8-12H2. The fourth-order valence-electron chi connectivity index (χ4n) is 5.06. The van der Waals surface area contributed by atoms with E-state index in [1.54, 1.807) is 21.9 Å². The number of thiazole rings is 1. The minimum atomic E-state index is -4.81. The van der Waals surface area contributed by atoms with Crippen LogP contribution in [-0.4, -0.2) is 46.7 Å². The number of carbonyl (C=O) groups excluding carboxylic acids is 1. The molecule has 1 aliphatic heterocycles. The van der Waals surface area contributed by atoms with Gasteiger partial charge in [-0.25, -0.2) is 13.8 Å². The summed E-state index contributed by atoms with van der Waals surface area (Å²) in [4.78, 5) is 20.9. The van der Waals surface area contributed by atoms with Crippen molar-refractivity contribution in [2.24, 2.45) is 17.8 Å². The van der Waals surface area contributed by atoms with Crippen molar-refractivity contribution in [2.75, 3.05) is 19.6 Å². The summed E-state index contributed by atoms with van der Waals surface area (Å²) in [5.41, 5.74) is 2.67. The van der Waals surface area contributed by atoms with Crippen molar-refractivity contribution in [3.05, 3.63) is 81.8 Å². The Morgan fingerprint density at radius 2 is 1.92 bits per heavy atom. The maximum absolute atomic E-state index is 14.0. The second-order valence-corrected chi connectivity index (χ2v) is 9.89. The van der Waals surface area contributed by atoms with Gasteiger partial charge in [0.1, 0.15) is 23.1 Å². The Kier molecular flexibility index (Phi) is 6.69. The van der Waals surface area contributed by atoms with Gasteiger partial charge < -0.3 is 9.64 Å². The molecule has 0 bridgehead atoms. The molecule has 2 unspecified atom stereocenters. The number of nitrogens with zero attached hydrogens (tertiary/aromatic N) is 3. The van der Waals surface area contributed by atoms with E-state index in [1.807, 2.05) is 0 Å². The van der Waals surface area contributed by atoms with Gasteiger partial charge in [0.25, 0.3) is 5.91 Å². The van der Waals surface area contributed by atoms with Crippen LogP contribution in [0, 0.1) is 29.4 Å².